The molecular weight excluding hydrogens is 490 g/mol. The number of benzene rings is 3. The average Bonchev–Trinajstić information content (AvgIpc) is 3.19. The summed E-state index contributed by atoms with van der Waals surface area (Å²) in [5, 5.41) is 2.73. The van der Waals surface area contributed by atoms with E-state index in [2.05, 4.69) is 5.32 Å². The fraction of sp³-hybridized carbons (Fsp3) is 0.179. The maximum Gasteiger partial charge on any atom is 0.337 e. The van der Waals surface area contributed by atoms with Crippen LogP contribution in [0.5, 0.6) is 5.75 Å². The van der Waals surface area contributed by atoms with Crippen LogP contribution in [0.3, 0.4) is 0 Å². The molecule has 5 rings (SSSR count). The molecule has 3 aromatic rings. The molecule has 10 heteroatoms. The Morgan fingerprint density at radius 2 is 1.68 bits per heavy atom. The first-order valence-electron chi connectivity index (χ1n) is 11.8. The zero-order chi connectivity index (χ0) is 27.0. The van der Waals surface area contributed by atoms with E-state index in [1.54, 1.807) is 66.7 Å². The van der Waals surface area contributed by atoms with Gasteiger partial charge in [0.05, 0.1) is 36.0 Å². The van der Waals surface area contributed by atoms with E-state index in [1.165, 1.54) is 18.9 Å². The third-order valence-electron chi connectivity index (χ3n) is 6.45. The van der Waals surface area contributed by atoms with Crippen molar-refractivity contribution >= 4 is 41.0 Å². The SMILES string of the molecule is COC(=O)c1cccc(CN2C(=O)COc3ccc(NC(=O)C(C)N4C(=O)c5ccccc5C4=O)cc32)c1. The number of ether oxygens (including phenoxy) is 2. The highest BCUT2D eigenvalue weighted by Gasteiger charge is 2.40. The van der Waals surface area contributed by atoms with Crippen molar-refractivity contribution in [2.75, 3.05) is 23.9 Å². The van der Waals surface area contributed by atoms with E-state index in [0.29, 0.717) is 28.3 Å². The first-order valence-corrected chi connectivity index (χ1v) is 11.8. The molecule has 2 heterocycles. The maximum atomic E-state index is 13.1. The van der Waals surface area contributed by atoms with E-state index >= 15 is 0 Å². The van der Waals surface area contributed by atoms with Gasteiger partial charge in [0.15, 0.2) is 6.61 Å². The van der Waals surface area contributed by atoms with Crippen LogP contribution in [0, 0.1) is 0 Å². The predicted molar refractivity (Wildman–Crippen MR) is 136 cm³/mol. The second kappa shape index (κ2) is 9.81. The molecule has 10 nitrogen and oxygen atoms in total. The standard InChI is InChI=1S/C28H23N3O7/c1-16(31-26(34)20-8-3-4-9-21(20)27(31)35)25(33)29-19-10-11-23-22(13-19)30(24(32)15-38-23)14-17-6-5-7-18(12-17)28(36)37-2/h3-13,16H,14-15H2,1-2H3,(H,29,33). The van der Waals surface area contributed by atoms with Gasteiger partial charge in [0.2, 0.25) is 5.91 Å². The van der Waals surface area contributed by atoms with Crippen LogP contribution in [-0.2, 0) is 20.9 Å². The van der Waals surface area contributed by atoms with E-state index in [-0.39, 0.29) is 30.2 Å². The zero-order valence-electron chi connectivity index (χ0n) is 20.6. The molecule has 0 saturated carbocycles. The average molecular weight is 514 g/mol. The van der Waals surface area contributed by atoms with Crippen LogP contribution in [0.15, 0.2) is 66.7 Å². The van der Waals surface area contributed by atoms with Crippen molar-refractivity contribution in [3.8, 4) is 5.75 Å². The van der Waals surface area contributed by atoms with E-state index < -0.39 is 29.7 Å². The molecular formula is C28H23N3O7. The minimum Gasteiger partial charge on any atom is -0.482 e. The molecule has 0 fully saturated rings. The van der Waals surface area contributed by atoms with Crippen molar-refractivity contribution in [2.24, 2.45) is 0 Å². The molecule has 192 valence electrons. The Balaban J connectivity index is 1.36. The fourth-order valence-corrected chi connectivity index (χ4v) is 4.47. The Morgan fingerprint density at radius 1 is 0.974 bits per heavy atom. The number of methoxy groups -OCH3 is 1. The summed E-state index contributed by atoms with van der Waals surface area (Å²) in [6.45, 7) is 1.47. The number of nitrogens with zero attached hydrogens (tertiary/aromatic N) is 2. The van der Waals surface area contributed by atoms with Crippen LogP contribution in [0.2, 0.25) is 0 Å². The molecule has 0 aliphatic carbocycles. The quantitative estimate of drug-likeness (QED) is 0.397. The van der Waals surface area contributed by atoms with Gasteiger partial charge in [0.25, 0.3) is 17.7 Å². The summed E-state index contributed by atoms with van der Waals surface area (Å²) in [5.74, 6) is -1.97. The highest BCUT2D eigenvalue weighted by Crippen LogP contribution is 2.36. The normalized spacial score (nSPS) is 14.9. The molecule has 3 aromatic carbocycles. The molecule has 1 unspecified atom stereocenters. The maximum absolute atomic E-state index is 13.1. The minimum absolute atomic E-state index is 0.156. The van der Waals surface area contributed by atoms with Crippen molar-refractivity contribution < 1.29 is 33.4 Å². The van der Waals surface area contributed by atoms with Gasteiger partial charge in [-0.2, -0.15) is 0 Å². The van der Waals surface area contributed by atoms with Crippen LogP contribution in [0.4, 0.5) is 11.4 Å². The number of carbonyl (C=O) groups is 5. The predicted octanol–water partition coefficient (Wildman–Crippen LogP) is 3.02. The topological polar surface area (TPSA) is 122 Å². The van der Waals surface area contributed by atoms with Gasteiger partial charge in [-0.25, -0.2) is 4.79 Å². The number of nitrogens with one attached hydrogen (secondary N) is 1. The van der Waals surface area contributed by atoms with E-state index in [4.69, 9.17) is 9.47 Å². The van der Waals surface area contributed by atoms with E-state index in [9.17, 15) is 24.0 Å². The van der Waals surface area contributed by atoms with Gasteiger partial charge in [-0.1, -0.05) is 24.3 Å². The number of hydrogen-bond acceptors (Lipinski definition) is 7. The number of anilines is 2. The van der Waals surface area contributed by atoms with Crippen LogP contribution in [-0.4, -0.2) is 54.3 Å². The molecule has 2 aliphatic heterocycles. The van der Waals surface area contributed by atoms with Crippen LogP contribution < -0.4 is 15.0 Å². The molecule has 0 radical (unpaired) electrons. The van der Waals surface area contributed by atoms with Crippen molar-refractivity contribution in [1.82, 2.24) is 4.90 Å². The Kier molecular flexibility index (Phi) is 6.38. The van der Waals surface area contributed by atoms with Crippen LogP contribution >= 0.6 is 0 Å². The second-order valence-electron chi connectivity index (χ2n) is 8.83. The molecule has 0 saturated heterocycles. The zero-order valence-corrected chi connectivity index (χ0v) is 20.6. The van der Waals surface area contributed by atoms with Gasteiger partial charge in [-0.15, -0.1) is 0 Å². The number of imide groups is 1. The lowest BCUT2D eigenvalue weighted by atomic mass is 10.1. The first kappa shape index (κ1) is 24.7. The molecule has 0 aromatic heterocycles. The summed E-state index contributed by atoms with van der Waals surface area (Å²) in [4.78, 5) is 65.7. The Hall–Kier alpha value is -4.99. The van der Waals surface area contributed by atoms with Crippen molar-refractivity contribution in [2.45, 2.75) is 19.5 Å². The first-order chi connectivity index (χ1) is 18.3. The molecule has 4 amide bonds. The third kappa shape index (κ3) is 4.36. The molecule has 38 heavy (non-hydrogen) atoms. The number of amides is 4. The molecule has 1 atom stereocenters. The number of fused-ring (bicyclic) bond motifs is 2. The highest BCUT2D eigenvalue weighted by molar-refractivity contribution is 6.23. The molecule has 0 spiro atoms. The largest absolute Gasteiger partial charge is 0.482 e. The van der Waals surface area contributed by atoms with Crippen molar-refractivity contribution in [3.63, 3.8) is 0 Å². The molecule has 0 bridgehead atoms. The van der Waals surface area contributed by atoms with Gasteiger partial charge in [0, 0.05) is 5.69 Å². The second-order valence-corrected chi connectivity index (χ2v) is 8.83. The van der Waals surface area contributed by atoms with Crippen LogP contribution in [0.25, 0.3) is 0 Å². The number of esters is 1. The summed E-state index contributed by atoms with van der Waals surface area (Å²) in [6, 6.07) is 16.9. The summed E-state index contributed by atoms with van der Waals surface area (Å²) < 4.78 is 10.3. The molecule has 2 aliphatic rings. The highest BCUT2D eigenvalue weighted by atomic mass is 16.5. The van der Waals surface area contributed by atoms with E-state index in [1.807, 2.05) is 0 Å². The summed E-state index contributed by atoms with van der Waals surface area (Å²) in [7, 11) is 1.29. The Bertz CT molecular complexity index is 1460. The number of rotatable bonds is 6. The lowest BCUT2D eigenvalue weighted by Crippen LogP contribution is -2.45. The van der Waals surface area contributed by atoms with E-state index in [0.717, 1.165) is 4.90 Å². The Labute approximate surface area is 217 Å². The van der Waals surface area contributed by atoms with Crippen LogP contribution in [0.1, 0.15) is 43.6 Å². The lowest BCUT2D eigenvalue weighted by Gasteiger charge is -2.30. The molecule has 1 N–H and O–H groups in total. The monoisotopic (exact) mass is 513 g/mol. The fourth-order valence-electron chi connectivity index (χ4n) is 4.47. The minimum atomic E-state index is -1.08. The van der Waals surface area contributed by atoms with Gasteiger partial charge in [-0.05, 0) is 55.0 Å². The summed E-state index contributed by atoms with van der Waals surface area (Å²) in [6.07, 6.45) is 0. The summed E-state index contributed by atoms with van der Waals surface area (Å²) >= 11 is 0. The lowest BCUT2D eigenvalue weighted by molar-refractivity contribution is -0.121. The number of hydrogen-bond donors (Lipinski definition) is 1. The van der Waals surface area contributed by atoms with Gasteiger partial charge >= 0.3 is 5.97 Å². The summed E-state index contributed by atoms with van der Waals surface area (Å²) in [5.41, 5.74) is 2.35. The smallest absolute Gasteiger partial charge is 0.337 e. The number of carbonyl (C=O) groups excluding carboxylic acids is 5. The Morgan fingerprint density at radius 3 is 2.37 bits per heavy atom. The van der Waals surface area contributed by atoms with Gasteiger partial charge < -0.3 is 19.7 Å². The van der Waals surface area contributed by atoms with Gasteiger partial charge in [-0.3, -0.25) is 24.1 Å². The van der Waals surface area contributed by atoms with Crippen molar-refractivity contribution in [3.05, 3.63) is 89.0 Å². The van der Waals surface area contributed by atoms with Crippen molar-refractivity contribution in [1.29, 1.82) is 0 Å². The third-order valence-corrected chi connectivity index (χ3v) is 6.45. The van der Waals surface area contributed by atoms with Gasteiger partial charge in [0.1, 0.15) is 11.8 Å².